The lowest BCUT2D eigenvalue weighted by atomic mass is 10.2. The van der Waals surface area contributed by atoms with E-state index in [-0.39, 0.29) is 5.82 Å². The predicted molar refractivity (Wildman–Crippen MR) is 53.6 cm³/mol. The molecule has 4 nitrogen and oxygen atoms in total. The molecule has 0 fully saturated rings. The highest BCUT2D eigenvalue weighted by Gasteiger charge is 2.18. The largest absolute Gasteiger partial charge is 0.361 e. The van der Waals surface area contributed by atoms with Crippen LogP contribution in [0, 0.1) is 0 Å². The van der Waals surface area contributed by atoms with Gasteiger partial charge in [0.1, 0.15) is 0 Å². The highest BCUT2D eigenvalue weighted by atomic mass is 32.3. The quantitative estimate of drug-likeness (QED) is 0.756. The molecule has 2 aromatic rings. The molecule has 0 N–H and O–H groups in total. The summed E-state index contributed by atoms with van der Waals surface area (Å²) in [5, 5.41) is 0. The minimum atomic E-state index is -4.75. The monoisotopic (exact) mass is 244 g/mol. The summed E-state index contributed by atoms with van der Waals surface area (Å²) in [6.45, 7) is 0. The van der Waals surface area contributed by atoms with Crippen LogP contribution in [0.15, 0.2) is 34.7 Å². The van der Waals surface area contributed by atoms with Crippen LogP contribution in [0.25, 0.3) is 11.4 Å². The Morgan fingerprint density at radius 1 is 1.20 bits per heavy atom. The standard InChI is InChI=1S/C8H5FN2O2S2/c9-15(12,13)8-10-7(11-14-8)6-4-2-1-3-5-6/h1-5H. The fourth-order valence-corrected chi connectivity index (χ4v) is 2.11. The van der Waals surface area contributed by atoms with Gasteiger partial charge in [0.05, 0.1) is 0 Å². The first-order chi connectivity index (χ1) is 7.07. The van der Waals surface area contributed by atoms with Crippen molar-refractivity contribution in [1.82, 2.24) is 9.36 Å². The predicted octanol–water partition coefficient (Wildman–Crippen LogP) is 1.86. The van der Waals surface area contributed by atoms with E-state index in [1.807, 2.05) is 6.07 Å². The van der Waals surface area contributed by atoms with Gasteiger partial charge in [-0.3, -0.25) is 0 Å². The Bertz CT molecular complexity index is 565. The van der Waals surface area contributed by atoms with Gasteiger partial charge in [-0.2, -0.15) is 12.8 Å². The van der Waals surface area contributed by atoms with Crippen LogP contribution in [0.5, 0.6) is 0 Å². The van der Waals surface area contributed by atoms with Crippen LogP contribution in [0.1, 0.15) is 0 Å². The van der Waals surface area contributed by atoms with E-state index < -0.39 is 14.6 Å². The molecule has 1 heterocycles. The molecule has 0 aliphatic rings. The maximum atomic E-state index is 12.5. The van der Waals surface area contributed by atoms with E-state index in [9.17, 15) is 12.3 Å². The first kappa shape index (κ1) is 10.2. The van der Waals surface area contributed by atoms with Gasteiger partial charge in [-0.25, -0.2) is 4.98 Å². The van der Waals surface area contributed by atoms with Crippen LogP contribution in [0.2, 0.25) is 0 Å². The highest BCUT2D eigenvalue weighted by molar-refractivity contribution is 7.88. The van der Waals surface area contributed by atoms with Gasteiger partial charge in [-0.05, 0) is 0 Å². The van der Waals surface area contributed by atoms with E-state index in [2.05, 4.69) is 9.36 Å². The van der Waals surface area contributed by atoms with Crippen molar-refractivity contribution < 1.29 is 12.3 Å². The van der Waals surface area contributed by atoms with Crippen molar-refractivity contribution >= 4 is 21.8 Å². The highest BCUT2D eigenvalue weighted by Crippen LogP contribution is 2.21. The molecule has 2 rings (SSSR count). The Morgan fingerprint density at radius 3 is 2.40 bits per heavy atom. The summed E-state index contributed by atoms with van der Waals surface area (Å²) in [6.07, 6.45) is 0. The van der Waals surface area contributed by atoms with Crippen molar-refractivity contribution in [3.8, 4) is 11.4 Å². The molecule has 1 aromatic carbocycles. The normalized spacial score (nSPS) is 11.5. The Morgan fingerprint density at radius 2 is 1.87 bits per heavy atom. The first-order valence-electron chi connectivity index (χ1n) is 3.91. The summed E-state index contributed by atoms with van der Waals surface area (Å²) in [6, 6.07) is 8.77. The second-order valence-electron chi connectivity index (χ2n) is 2.69. The van der Waals surface area contributed by atoms with Crippen molar-refractivity contribution in [2.24, 2.45) is 0 Å². The molecule has 0 aliphatic heterocycles. The molecule has 0 aliphatic carbocycles. The van der Waals surface area contributed by atoms with Crippen molar-refractivity contribution in [3.63, 3.8) is 0 Å². The van der Waals surface area contributed by atoms with Gasteiger partial charge in [0.25, 0.3) is 4.34 Å². The molecule has 1 aromatic heterocycles. The number of rotatable bonds is 2. The number of hydrogen-bond acceptors (Lipinski definition) is 5. The van der Waals surface area contributed by atoms with E-state index in [0.29, 0.717) is 17.1 Å². The number of benzene rings is 1. The second kappa shape index (κ2) is 3.67. The zero-order chi connectivity index (χ0) is 10.9. The fraction of sp³-hybridized carbons (Fsp3) is 0. The first-order valence-corrected chi connectivity index (χ1v) is 6.07. The minimum Gasteiger partial charge on any atom is -0.201 e. The minimum absolute atomic E-state index is 0.219. The third-order valence-corrected chi connectivity index (χ3v) is 3.49. The summed E-state index contributed by atoms with van der Waals surface area (Å²) in [5.74, 6) is 0.219. The molecule has 0 saturated carbocycles. The van der Waals surface area contributed by atoms with Crippen molar-refractivity contribution in [1.29, 1.82) is 0 Å². The van der Waals surface area contributed by atoms with Crippen molar-refractivity contribution in [3.05, 3.63) is 30.3 Å². The summed E-state index contributed by atoms with van der Waals surface area (Å²) in [7, 11) is -4.75. The van der Waals surface area contributed by atoms with Gasteiger partial charge in [0.15, 0.2) is 5.82 Å². The molecular formula is C8H5FN2O2S2. The number of halogens is 1. The lowest BCUT2D eigenvalue weighted by Crippen LogP contribution is -1.90. The zero-order valence-electron chi connectivity index (χ0n) is 7.29. The number of nitrogens with zero attached hydrogens (tertiary/aromatic N) is 2. The molecule has 7 heteroatoms. The SMILES string of the molecule is O=S(=O)(F)c1nc(-c2ccccc2)ns1. The third-order valence-electron chi connectivity index (χ3n) is 1.65. The molecule has 0 saturated heterocycles. The van der Waals surface area contributed by atoms with Crippen LogP contribution in [0.3, 0.4) is 0 Å². The van der Waals surface area contributed by atoms with Gasteiger partial charge in [0, 0.05) is 17.1 Å². The lowest BCUT2D eigenvalue weighted by Gasteiger charge is -1.91. The topological polar surface area (TPSA) is 59.9 Å². The molecule has 15 heavy (non-hydrogen) atoms. The van der Waals surface area contributed by atoms with E-state index >= 15 is 0 Å². The average Bonchev–Trinajstić information content (AvgIpc) is 2.67. The van der Waals surface area contributed by atoms with Gasteiger partial charge in [-0.15, -0.1) is 0 Å². The Labute approximate surface area is 89.8 Å². The molecule has 0 spiro atoms. The number of aromatic nitrogens is 2. The second-order valence-corrected chi connectivity index (χ2v) is 4.96. The van der Waals surface area contributed by atoms with Gasteiger partial charge in [0.2, 0.25) is 0 Å². The summed E-state index contributed by atoms with van der Waals surface area (Å²) in [4.78, 5) is 3.60. The molecular weight excluding hydrogens is 239 g/mol. The zero-order valence-corrected chi connectivity index (χ0v) is 8.93. The van der Waals surface area contributed by atoms with Crippen LogP contribution >= 0.6 is 11.5 Å². The molecule has 0 amide bonds. The van der Waals surface area contributed by atoms with Crippen LogP contribution < -0.4 is 0 Å². The Kier molecular flexibility index (Phi) is 2.49. The third kappa shape index (κ3) is 2.18. The van der Waals surface area contributed by atoms with Crippen molar-refractivity contribution in [2.75, 3.05) is 0 Å². The molecule has 78 valence electrons. The van der Waals surface area contributed by atoms with Gasteiger partial charge >= 0.3 is 10.2 Å². The molecule has 0 radical (unpaired) electrons. The van der Waals surface area contributed by atoms with Gasteiger partial charge < -0.3 is 0 Å². The average molecular weight is 244 g/mol. The maximum Gasteiger partial charge on any atom is 0.361 e. The fourth-order valence-electron chi connectivity index (χ4n) is 1.01. The summed E-state index contributed by atoms with van der Waals surface area (Å²) in [5.41, 5.74) is 0.656. The van der Waals surface area contributed by atoms with E-state index in [0.717, 1.165) is 0 Å². The molecule has 0 bridgehead atoms. The molecule has 0 unspecified atom stereocenters. The van der Waals surface area contributed by atoms with Crippen molar-refractivity contribution in [2.45, 2.75) is 4.34 Å². The smallest absolute Gasteiger partial charge is 0.201 e. The summed E-state index contributed by atoms with van der Waals surface area (Å²) >= 11 is 0.527. The lowest BCUT2D eigenvalue weighted by molar-refractivity contribution is 0.551. The Balaban J connectivity index is 2.46. The molecule has 0 atom stereocenters. The van der Waals surface area contributed by atoms with Crippen LogP contribution in [0.4, 0.5) is 3.89 Å². The van der Waals surface area contributed by atoms with Crippen LogP contribution in [-0.2, 0) is 10.2 Å². The summed E-state index contributed by atoms with van der Waals surface area (Å²) < 4.78 is 36.7. The number of hydrogen-bond donors (Lipinski definition) is 0. The van der Waals surface area contributed by atoms with E-state index in [1.165, 1.54) is 0 Å². The maximum absolute atomic E-state index is 12.5. The Hall–Kier alpha value is -1.34. The van der Waals surface area contributed by atoms with E-state index in [1.54, 1.807) is 24.3 Å². The van der Waals surface area contributed by atoms with E-state index in [4.69, 9.17) is 0 Å². The van der Waals surface area contributed by atoms with Crippen LogP contribution in [-0.4, -0.2) is 17.8 Å². The van der Waals surface area contributed by atoms with Gasteiger partial charge in [-0.1, -0.05) is 34.2 Å².